The second kappa shape index (κ2) is 6.34. The second-order valence-corrected chi connectivity index (χ2v) is 6.90. The van der Waals surface area contributed by atoms with Gasteiger partial charge in [0.1, 0.15) is 0 Å². The van der Waals surface area contributed by atoms with Gasteiger partial charge < -0.3 is 10.0 Å². The van der Waals surface area contributed by atoms with Crippen molar-refractivity contribution in [3.05, 3.63) is 0 Å². The highest BCUT2D eigenvalue weighted by atomic mass is 16.4. The summed E-state index contributed by atoms with van der Waals surface area (Å²) in [5.41, 5.74) is 0. The second-order valence-electron chi connectivity index (χ2n) is 6.90. The predicted molar refractivity (Wildman–Crippen MR) is 78.9 cm³/mol. The van der Waals surface area contributed by atoms with Crippen LogP contribution >= 0.6 is 0 Å². The number of hydrogen-bond donors (Lipinski definition) is 1. The van der Waals surface area contributed by atoms with Gasteiger partial charge in [-0.15, -0.1) is 0 Å². The Morgan fingerprint density at radius 3 is 2.52 bits per heavy atom. The van der Waals surface area contributed by atoms with Crippen molar-refractivity contribution in [1.82, 2.24) is 9.80 Å². The van der Waals surface area contributed by atoms with Crippen molar-refractivity contribution >= 4 is 11.9 Å². The molecule has 0 aromatic rings. The SMILES string of the molecule is O=C(O)[C@@H]1CCN(CC(=O)N2CCC[C@@H]3CCCC[C@H]32)C1. The lowest BCUT2D eigenvalue weighted by Crippen LogP contribution is -2.52. The van der Waals surface area contributed by atoms with Crippen molar-refractivity contribution in [2.75, 3.05) is 26.2 Å². The minimum Gasteiger partial charge on any atom is -0.481 e. The number of amides is 1. The molecule has 1 N–H and O–H groups in total. The van der Waals surface area contributed by atoms with Crippen molar-refractivity contribution < 1.29 is 14.7 Å². The van der Waals surface area contributed by atoms with Crippen LogP contribution in [0.3, 0.4) is 0 Å². The molecule has 0 aromatic heterocycles. The Kier molecular flexibility index (Phi) is 4.48. The number of piperidine rings is 1. The third-order valence-corrected chi connectivity index (χ3v) is 5.54. The van der Waals surface area contributed by atoms with Gasteiger partial charge in [-0.1, -0.05) is 12.8 Å². The Morgan fingerprint density at radius 2 is 1.76 bits per heavy atom. The summed E-state index contributed by atoms with van der Waals surface area (Å²) in [6.07, 6.45) is 8.08. The van der Waals surface area contributed by atoms with Gasteiger partial charge in [0.15, 0.2) is 0 Å². The van der Waals surface area contributed by atoms with Crippen LogP contribution in [-0.2, 0) is 9.59 Å². The quantitative estimate of drug-likeness (QED) is 0.858. The molecule has 3 aliphatic rings. The van der Waals surface area contributed by atoms with Crippen LogP contribution in [0.1, 0.15) is 44.9 Å². The number of hydrogen-bond acceptors (Lipinski definition) is 3. The first-order valence-corrected chi connectivity index (χ1v) is 8.40. The van der Waals surface area contributed by atoms with Gasteiger partial charge in [0.25, 0.3) is 0 Å². The van der Waals surface area contributed by atoms with Crippen LogP contribution in [0.25, 0.3) is 0 Å². The third-order valence-electron chi connectivity index (χ3n) is 5.54. The van der Waals surface area contributed by atoms with E-state index >= 15 is 0 Å². The van der Waals surface area contributed by atoms with Gasteiger partial charge in [0.05, 0.1) is 12.5 Å². The first kappa shape index (κ1) is 14.8. The summed E-state index contributed by atoms with van der Waals surface area (Å²) in [7, 11) is 0. The predicted octanol–water partition coefficient (Wildman–Crippen LogP) is 1.57. The zero-order valence-electron chi connectivity index (χ0n) is 12.7. The van der Waals surface area contributed by atoms with E-state index in [-0.39, 0.29) is 11.8 Å². The molecular weight excluding hydrogens is 268 g/mol. The lowest BCUT2D eigenvalue weighted by Gasteiger charge is -2.44. The van der Waals surface area contributed by atoms with E-state index in [9.17, 15) is 9.59 Å². The Labute approximate surface area is 126 Å². The largest absolute Gasteiger partial charge is 0.481 e. The van der Waals surface area contributed by atoms with Gasteiger partial charge in [-0.3, -0.25) is 14.5 Å². The topological polar surface area (TPSA) is 60.9 Å². The van der Waals surface area contributed by atoms with Gasteiger partial charge in [-0.05, 0) is 44.6 Å². The number of carboxylic acids is 1. The summed E-state index contributed by atoms with van der Waals surface area (Å²) in [5, 5.41) is 9.05. The van der Waals surface area contributed by atoms with Crippen molar-refractivity contribution in [2.45, 2.75) is 51.0 Å². The molecule has 3 fully saturated rings. The minimum atomic E-state index is -0.727. The zero-order valence-corrected chi connectivity index (χ0v) is 12.7. The Bertz CT molecular complexity index is 410. The molecule has 0 unspecified atom stereocenters. The van der Waals surface area contributed by atoms with Crippen LogP contribution in [0, 0.1) is 11.8 Å². The highest BCUT2D eigenvalue weighted by molar-refractivity contribution is 5.79. The van der Waals surface area contributed by atoms with Crippen molar-refractivity contribution in [2.24, 2.45) is 11.8 Å². The van der Waals surface area contributed by atoms with Crippen LogP contribution in [-0.4, -0.2) is 59.0 Å². The summed E-state index contributed by atoms with van der Waals surface area (Å²) in [6.45, 7) is 2.58. The fourth-order valence-corrected chi connectivity index (χ4v) is 4.39. The van der Waals surface area contributed by atoms with E-state index in [2.05, 4.69) is 4.90 Å². The first-order chi connectivity index (χ1) is 10.1. The lowest BCUT2D eigenvalue weighted by atomic mass is 9.78. The molecule has 118 valence electrons. The number of fused-ring (bicyclic) bond motifs is 1. The average Bonchev–Trinajstić information content (AvgIpc) is 2.95. The maximum Gasteiger partial charge on any atom is 0.307 e. The molecule has 1 amide bonds. The molecule has 0 bridgehead atoms. The monoisotopic (exact) mass is 294 g/mol. The Balaban J connectivity index is 1.56. The summed E-state index contributed by atoms with van der Waals surface area (Å²) in [4.78, 5) is 27.8. The summed E-state index contributed by atoms with van der Waals surface area (Å²) < 4.78 is 0. The van der Waals surface area contributed by atoms with E-state index in [1.807, 2.05) is 4.90 Å². The fraction of sp³-hybridized carbons (Fsp3) is 0.875. The van der Waals surface area contributed by atoms with Gasteiger partial charge in [-0.25, -0.2) is 0 Å². The molecule has 0 spiro atoms. The first-order valence-electron chi connectivity index (χ1n) is 8.40. The Hall–Kier alpha value is -1.10. The van der Waals surface area contributed by atoms with Crippen LogP contribution in [0.2, 0.25) is 0 Å². The van der Waals surface area contributed by atoms with Crippen LogP contribution in [0.5, 0.6) is 0 Å². The number of carboxylic acid groups (broad SMARTS) is 1. The molecule has 2 saturated heterocycles. The smallest absolute Gasteiger partial charge is 0.307 e. The number of rotatable bonds is 3. The molecule has 5 nitrogen and oxygen atoms in total. The molecule has 1 saturated carbocycles. The standard InChI is InChI=1S/C16H26N2O3/c19-15(11-17-9-7-13(10-17)16(20)21)18-8-3-5-12-4-1-2-6-14(12)18/h12-14H,1-11H2,(H,20,21)/t12-,13+,14+/m0/s1. The third kappa shape index (κ3) is 3.23. The van der Waals surface area contributed by atoms with Crippen LogP contribution in [0.15, 0.2) is 0 Å². The maximum atomic E-state index is 12.6. The summed E-state index contributed by atoms with van der Waals surface area (Å²) >= 11 is 0. The van der Waals surface area contributed by atoms with Gasteiger partial charge in [0, 0.05) is 19.1 Å². The molecular formula is C16H26N2O3. The van der Waals surface area contributed by atoms with Crippen molar-refractivity contribution in [3.63, 3.8) is 0 Å². The maximum absolute atomic E-state index is 12.6. The van der Waals surface area contributed by atoms with Crippen LogP contribution in [0.4, 0.5) is 0 Å². The molecule has 0 radical (unpaired) electrons. The van der Waals surface area contributed by atoms with Crippen molar-refractivity contribution in [3.8, 4) is 0 Å². The van der Waals surface area contributed by atoms with Gasteiger partial charge in [0.2, 0.25) is 5.91 Å². The molecule has 21 heavy (non-hydrogen) atoms. The summed E-state index contributed by atoms with van der Waals surface area (Å²) in [6, 6.07) is 0.456. The van der Waals surface area contributed by atoms with Gasteiger partial charge >= 0.3 is 5.97 Å². The average molecular weight is 294 g/mol. The van der Waals surface area contributed by atoms with Crippen LogP contribution < -0.4 is 0 Å². The van der Waals surface area contributed by atoms with E-state index in [4.69, 9.17) is 5.11 Å². The number of carbonyl (C=O) groups is 2. The molecule has 2 aliphatic heterocycles. The number of aliphatic carboxylic acids is 1. The number of carbonyl (C=O) groups excluding carboxylic acids is 1. The highest BCUT2D eigenvalue weighted by Gasteiger charge is 2.37. The number of likely N-dealkylation sites (tertiary alicyclic amines) is 2. The zero-order chi connectivity index (χ0) is 14.8. The minimum absolute atomic E-state index is 0.220. The summed E-state index contributed by atoms with van der Waals surface area (Å²) in [5.74, 6) is -0.0868. The van der Waals surface area contributed by atoms with Crippen molar-refractivity contribution in [1.29, 1.82) is 0 Å². The van der Waals surface area contributed by atoms with E-state index < -0.39 is 5.97 Å². The highest BCUT2D eigenvalue weighted by Crippen LogP contribution is 2.35. The molecule has 5 heteroatoms. The lowest BCUT2D eigenvalue weighted by molar-refractivity contribution is -0.142. The van der Waals surface area contributed by atoms with E-state index in [0.717, 1.165) is 25.9 Å². The molecule has 3 atom stereocenters. The molecule has 3 rings (SSSR count). The molecule has 2 heterocycles. The normalized spacial score (nSPS) is 33.7. The van der Waals surface area contributed by atoms with E-state index in [0.29, 0.717) is 31.5 Å². The molecule has 0 aromatic carbocycles. The van der Waals surface area contributed by atoms with E-state index in [1.165, 1.54) is 25.7 Å². The molecule has 1 aliphatic carbocycles. The fourth-order valence-electron chi connectivity index (χ4n) is 4.39. The Morgan fingerprint density at radius 1 is 1.00 bits per heavy atom. The van der Waals surface area contributed by atoms with Gasteiger partial charge in [-0.2, -0.15) is 0 Å². The van der Waals surface area contributed by atoms with E-state index in [1.54, 1.807) is 0 Å². The number of nitrogens with zero attached hydrogens (tertiary/aromatic N) is 2.